The molecule has 3 aromatic carbocycles. The molecule has 6 heteroatoms. The van der Waals surface area contributed by atoms with Crippen LogP contribution in [-0.4, -0.2) is 29.1 Å². The maximum Gasteiger partial charge on any atom is 0.251 e. The Morgan fingerprint density at radius 2 is 1.73 bits per heavy atom. The number of nitrogens with zero attached hydrogens (tertiary/aromatic N) is 2. The smallest absolute Gasteiger partial charge is 0.251 e. The third-order valence-electron chi connectivity index (χ3n) is 5.70. The van der Waals surface area contributed by atoms with E-state index < -0.39 is 0 Å². The third kappa shape index (κ3) is 6.02. The van der Waals surface area contributed by atoms with E-state index in [1.807, 2.05) is 42.5 Å². The zero-order valence-corrected chi connectivity index (χ0v) is 20.3. The van der Waals surface area contributed by atoms with E-state index in [2.05, 4.69) is 56.1 Å². The van der Waals surface area contributed by atoms with Crippen LogP contribution in [0.25, 0.3) is 11.0 Å². The fourth-order valence-corrected chi connectivity index (χ4v) is 4.16. The van der Waals surface area contributed by atoms with Crippen LogP contribution in [0.3, 0.4) is 0 Å². The molecule has 33 heavy (non-hydrogen) atoms. The Kier molecular flexibility index (Phi) is 7.79. The number of unbranched alkanes of at least 4 members (excludes halogenated alkanes) is 2. The lowest BCUT2D eigenvalue weighted by molar-refractivity contribution is 0.0953. The van der Waals surface area contributed by atoms with Crippen molar-refractivity contribution in [2.24, 2.45) is 0 Å². The number of para-hydroxylation sites is 2. The van der Waals surface area contributed by atoms with Crippen molar-refractivity contribution in [2.75, 3.05) is 13.7 Å². The quantitative estimate of drug-likeness (QED) is 0.269. The van der Waals surface area contributed by atoms with Gasteiger partial charge in [0.1, 0.15) is 11.6 Å². The number of carbonyl (C=O) groups excluding carboxylic acids is 1. The van der Waals surface area contributed by atoms with Gasteiger partial charge in [0.05, 0.1) is 18.1 Å². The van der Waals surface area contributed by atoms with Gasteiger partial charge in [0.15, 0.2) is 0 Å². The molecule has 4 aromatic rings. The molecule has 0 atom stereocenters. The Hall–Kier alpha value is -3.12. The van der Waals surface area contributed by atoms with E-state index in [1.54, 1.807) is 7.11 Å². The molecule has 0 fully saturated rings. The highest BCUT2D eigenvalue weighted by atomic mass is 79.9. The summed E-state index contributed by atoms with van der Waals surface area (Å²) in [4.78, 5) is 17.1. The van der Waals surface area contributed by atoms with Crippen LogP contribution in [-0.2, 0) is 13.0 Å². The Balaban J connectivity index is 1.32. The summed E-state index contributed by atoms with van der Waals surface area (Å²) in [5, 5.41) is 3.01. The summed E-state index contributed by atoms with van der Waals surface area (Å²) in [7, 11) is 1.68. The minimum atomic E-state index is -0.0243. The average Bonchev–Trinajstić information content (AvgIpc) is 3.19. The van der Waals surface area contributed by atoms with Crippen LogP contribution in [0.2, 0.25) is 0 Å². The van der Waals surface area contributed by atoms with Crippen molar-refractivity contribution in [1.82, 2.24) is 14.9 Å². The molecule has 0 bridgehead atoms. The molecule has 1 aromatic heterocycles. The number of methoxy groups -OCH3 is 1. The van der Waals surface area contributed by atoms with Crippen LogP contribution in [0.15, 0.2) is 77.3 Å². The van der Waals surface area contributed by atoms with Crippen LogP contribution >= 0.6 is 15.9 Å². The highest BCUT2D eigenvalue weighted by Gasteiger charge is 2.11. The first kappa shape index (κ1) is 23.1. The fourth-order valence-electron chi connectivity index (χ4n) is 3.90. The minimum absolute atomic E-state index is 0.0243. The summed E-state index contributed by atoms with van der Waals surface area (Å²) in [5.74, 6) is 1.94. The number of carbonyl (C=O) groups is 1. The Labute approximate surface area is 202 Å². The predicted molar refractivity (Wildman–Crippen MR) is 136 cm³/mol. The molecule has 4 rings (SSSR count). The van der Waals surface area contributed by atoms with E-state index in [0.29, 0.717) is 12.1 Å². The van der Waals surface area contributed by atoms with Crippen LogP contribution in [0.4, 0.5) is 0 Å². The number of nitrogens with one attached hydrogen (secondary N) is 1. The summed E-state index contributed by atoms with van der Waals surface area (Å²) in [6.45, 7) is 1.46. The summed E-state index contributed by atoms with van der Waals surface area (Å²) in [6, 6.07) is 23.9. The maximum atomic E-state index is 12.2. The molecule has 0 aliphatic heterocycles. The topological polar surface area (TPSA) is 56.1 Å². The fraction of sp³-hybridized carbons (Fsp3) is 0.259. The molecule has 1 amide bonds. The summed E-state index contributed by atoms with van der Waals surface area (Å²) in [6.07, 6.45) is 3.92. The van der Waals surface area contributed by atoms with Gasteiger partial charge in [-0.1, -0.05) is 46.6 Å². The van der Waals surface area contributed by atoms with Gasteiger partial charge in [-0.05, 0) is 66.9 Å². The van der Waals surface area contributed by atoms with E-state index >= 15 is 0 Å². The number of fused-ring (bicyclic) bond motifs is 1. The van der Waals surface area contributed by atoms with Gasteiger partial charge in [-0.3, -0.25) is 4.79 Å². The molecule has 170 valence electrons. The molecule has 0 saturated carbocycles. The van der Waals surface area contributed by atoms with Crippen LogP contribution in [0.1, 0.15) is 41.0 Å². The number of imidazole rings is 1. The molecule has 1 N–H and O–H groups in total. The lowest BCUT2D eigenvalue weighted by Crippen LogP contribution is -2.24. The second kappa shape index (κ2) is 11.1. The van der Waals surface area contributed by atoms with Crippen molar-refractivity contribution in [3.8, 4) is 5.75 Å². The highest BCUT2D eigenvalue weighted by molar-refractivity contribution is 9.10. The largest absolute Gasteiger partial charge is 0.497 e. The van der Waals surface area contributed by atoms with Crippen molar-refractivity contribution in [2.45, 2.75) is 32.2 Å². The monoisotopic (exact) mass is 505 g/mol. The van der Waals surface area contributed by atoms with Crippen LogP contribution < -0.4 is 10.1 Å². The number of aromatic nitrogens is 2. The lowest BCUT2D eigenvalue weighted by Gasteiger charge is -2.10. The van der Waals surface area contributed by atoms with Crippen LogP contribution in [0.5, 0.6) is 5.75 Å². The van der Waals surface area contributed by atoms with Crippen molar-refractivity contribution in [1.29, 1.82) is 0 Å². The number of hydrogen-bond acceptors (Lipinski definition) is 3. The second-order valence-corrected chi connectivity index (χ2v) is 8.94. The van der Waals surface area contributed by atoms with Gasteiger partial charge in [0, 0.05) is 29.5 Å². The molecular weight excluding hydrogens is 478 g/mol. The number of aryl methyl sites for hydroxylation is 1. The highest BCUT2D eigenvalue weighted by Crippen LogP contribution is 2.21. The first-order chi connectivity index (χ1) is 16.1. The SMILES string of the molecule is COc1ccc(Cn2c(CCCCCNC(=O)c3ccc(Br)cc3)nc3ccccc32)cc1. The minimum Gasteiger partial charge on any atom is -0.497 e. The van der Waals surface area contributed by atoms with Gasteiger partial charge in [-0.15, -0.1) is 0 Å². The van der Waals surface area contributed by atoms with Crippen molar-refractivity contribution in [3.63, 3.8) is 0 Å². The third-order valence-corrected chi connectivity index (χ3v) is 6.23. The van der Waals surface area contributed by atoms with E-state index in [4.69, 9.17) is 9.72 Å². The first-order valence-corrected chi connectivity index (χ1v) is 12.0. The molecule has 0 saturated heterocycles. The lowest BCUT2D eigenvalue weighted by atomic mass is 10.1. The Bertz CT molecular complexity index is 1200. The second-order valence-electron chi connectivity index (χ2n) is 8.02. The molecule has 0 unspecified atom stereocenters. The summed E-state index contributed by atoms with van der Waals surface area (Å²) < 4.78 is 8.56. The molecule has 0 spiro atoms. The van der Waals surface area contributed by atoms with Gasteiger partial charge in [0.2, 0.25) is 0 Å². The summed E-state index contributed by atoms with van der Waals surface area (Å²) >= 11 is 3.39. The number of rotatable bonds is 10. The zero-order valence-electron chi connectivity index (χ0n) is 18.8. The predicted octanol–water partition coefficient (Wildman–Crippen LogP) is 6.00. The molecule has 1 heterocycles. The Morgan fingerprint density at radius 3 is 2.48 bits per heavy atom. The average molecular weight is 506 g/mol. The molecule has 0 radical (unpaired) electrons. The zero-order chi connectivity index (χ0) is 23.0. The van der Waals surface area contributed by atoms with E-state index in [-0.39, 0.29) is 5.91 Å². The normalized spacial score (nSPS) is 11.0. The first-order valence-electron chi connectivity index (χ1n) is 11.2. The van der Waals surface area contributed by atoms with Gasteiger partial charge >= 0.3 is 0 Å². The van der Waals surface area contributed by atoms with E-state index in [9.17, 15) is 4.79 Å². The number of amides is 1. The number of ether oxygens (including phenoxy) is 1. The van der Waals surface area contributed by atoms with Crippen LogP contribution in [0, 0.1) is 0 Å². The molecular formula is C27H28BrN3O2. The number of benzene rings is 3. The molecule has 0 aliphatic carbocycles. The summed E-state index contributed by atoms with van der Waals surface area (Å²) in [5.41, 5.74) is 4.09. The van der Waals surface area contributed by atoms with Gasteiger partial charge < -0.3 is 14.6 Å². The van der Waals surface area contributed by atoms with Gasteiger partial charge in [-0.25, -0.2) is 4.98 Å². The molecule has 5 nitrogen and oxygen atoms in total. The molecule has 0 aliphatic rings. The maximum absolute atomic E-state index is 12.2. The van der Waals surface area contributed by atoms with Crippen molar-refractivity contribution >= 4 is 32.9 Å². The number of hydrogen-bond donors (Lipinski definition) is 1. The van der Waals surface area contributed by atoms with Gasteiger partial charge in [0.25, 0.3) is 5.91 Å². The number of halogens is 1. The van der Waals surface area contributed by atoms with Gasteiger partial charge in [-0.2, -0.15) is 0 Å². The van der Waals surface area contributed by atoms with Crippen molar-refractivity contribution < 1.29 is 9.53 Å². The Morgan fingerprint density at radius 1 is 0.970 bits per heavy atom. The van der Waals surface area contributed by atoms with E-state index in [1.165, 1.54) is 5.56 Å². The van der Waals surface area contributed by atoms with Crippen molar-refractivity contribution in [3.05, 3.63) is 94.2 Å². The standard InChI is InChI=1S/C27H28BrN3O2/c1-33-23-16-10-20(11-17-23)19-31-25-8-5-4-7-24(25)30-26(31)9-3-2-6-18-29-27(32)21-12-14-22(28)15-13-21/h4-5,7-8,10-17H,2-3,6,9,18-19H2,1H3,(H,29,32). The van der Waals surface area contributed by atoms with E-state index in [0.717, 1.165) is 59.3 Å².